The summed E-state index contributed by atoms with van der Waals surface area (Å²) in [5, 5.41) is 5.78. The smallest absolute Gasteiger partial charge is 0.235 e. The number of anilines is 2. The number of para-hydroxylation sites is 2. The highest BCUT2D eigenvalue weighted by Crippen LogP contribution is 2.42. The molecule has 0 saturated carbocycles. The molecule has 2 amide bonds. The molecule has 0 aromatic heterocycles. The first-order chi connectivity index (χ1) is 16.5. The number of ether oxygens (including phenoxy) is 1. The van der Waals surface area contributed by atoms with E-state index in [0.29, 0.717) is 28.3 Å². The number of carbonyl (C=O) groups excluding carboxylic acids is 3. The summed E-state index contributed by atoms with van der Waals surface area (Å²) in [6, 6.07) is 25.3. The van der Waals surface area contributed by atoms with Gasteiger partial charge in [0.1, 0.15) is 11.7 Å². The second-order valence-electron chi connectivity index (χ2n) is 8.26. The summed E-state index contributed by atoms with van der Waals surface area (Å²) in [7, 11) is 1.57. The largest absolute Gasteiger partial charge is 0.497 e. The van der Waals surface area contributed by atoms with E-state index >= 15 is 0 Å². The van der Waals surface area contributed by atoms with Gasteiger partial charge in [0, 0.05) is 17.3 Å². The van der Waals surface area contributed by atoms with Crippen LogP contribution in [0.25, 0.3) is 0 Å². The van der Waals surface area contributed by atoms with Gasteiger partial charge in [-0.3, -0.25) is 14.4 Å². The van der Waals surface area contributed by atoms with Gasteiger partial charge < -0.3 is 15.4 Å². The summed E-state index contributed by atoms with van der Waals surface area (Å²) in [6.45, 7) is 1.76. The zero-order valence-corrected chi connectivity index (χ0v) is 19.0. The van der Waals surface area contributed by atoms with Crippen LogP contribution in [0.15, 0.2) is 96.6 Å². The van der Waals surface area contributed by atoms with E-state index in [1.165, 1.54) is 6.08 Å². The van der Waals surface area contributed by atoms with E-state index in [9.17, 15) is 14.4 Å². The first kappa shape index (κ1) is 23.0. The van der Waals surface area contributed by atoms with E-state index in [-0.39, 0.29) is 11.7 Å². The average molecular weight is 455 g/mol. The maximum atomic E-state index is 13.5. The topological polar surface area (TPSA) is 84.5 Å². The Hall–Kier alpha value is -4.19. The molecular formula is C28H26N2O4. The SMILES string of the molecule is COc1ccc([C@H]2[C@H](C(=O)Nc3ccccc3)C(C)=CC(=O)[C@H]2C(=O)Nc2ccccc2)cc1. The van der Waals surface area contributed by atoms with E-state index in [4.69, 9.17) is 4.74 Å². The zero-order valence-electron chi connectivity index (χ0n) is 19.0. The van der Waals surface area contributed by atoms with Crippen LogP contribution in [0.4, 0.5) is 11.4 Å². The molecule has 3 aromatic carbocycles. The van der Waals surface area contributed by atoms with Gasteiger partial charge in [0.2, 0.25) is 11.8 Å². The van der Waals surface area contributed by atoms with Crippen molar-refractivity contribution < 1.29 is 19.1 Å². The third kappa shape index (κ3) is 4.91. The molecule has 0 radical (unpaired) electrons. The molecule has 172 valence electrons. The van der Waals surface area contributed by atoms with E-state index in [1.807, 2.05) is 24.3 Å². The standard InChI is InChI=1S/C28H26N2O4/c1-18-17-23(31)26(28(33)30-21-11-7-4-8-12-21)25(19-13-15-22(34-2)16-14-19)24(18)27(32)29-20-9-5-3-6-10-20/h3-17,24-26H,1-2H3,(H,29,32)(H,30,33)/t24-,25+,26-/m1/s1. The van der Waals surface area contributed by atoms with Gasteiger partial charge in [-0.25, -0.2) is 0 Å². The number of nitrogens with one attached hydrogen (secondary N) is 2. The Labute approximate surface area is 198 Å². The lowest BCUT2D eigenvalue weighted by atomic mass is 9.67. The number of amides is 2. The normalized spacial score (nSPS) is 19.6. The lowest BCUT2D eigenvalue weighted by Gasteiger charge is -2.35. The van der Waals surface area contributed by atoms with Gasteiger partial charge in [-0.15, -0.1) is 0 Å². The van der Waals surface area contributed by atoms with Crippen LogP contribution in [-0.2, 0) is 14.4 Å². The van der Waals surface area contributed by atoms with E-state index in [2.05, 4.69) is 10.6 Å². The number of rotatable bonds is 6. The fraction of sp³-hybridized carbons (Fsp3) is 0.179. The highest BCUT2D eigenvalue weighted by molar-refractivity contribution is 6.14. The summed E-state index contributed by atoms with van der Waals surface area (Å²) in [5.41, 5.74) is 2.56. The predicted octanol–water partition coefficient (Wildman–Crippen LogP) is 4.82. The maximum Gasteiger partial charge on any atom is 0.235 e. The third-order valence-corrected chi connectivity index (χ3v) is 6.03. The molecule has 0 saturated heterocycles. The molecule has 34 heavy (non-hydrogen) atoms. The molecule has 3 aromatic rings. The molecule has 0 bridgehead atoms. The Morgan fingerprint density at radius 3 is 1.74 bits per heavy atom. The van der Waals surface area contributed by atoms with Crippen molar-refractivity contribution in [2.75, 3.05) is 17.7 Å². The fourth-order valence-corrected chi connectivity index (χ4v) is 4.41. The summed E-state index contributed by atoms with van der Waals surface area (Å²) >= 11 is 0. The molecule has 1 aliphatic carbocycles. The molecule has 0 aliphatic heterocycles. The molecule has 0 unspecified atom stereocenters. The van der Waals surface area contributed by atoms with Crippen molar-refractivity contribution >= 4 is 29.0 Å². The van der Waals surface area contributed by atoms with Gasteiger partial charge in [-0.05, 0) is 55.0 Å². The third-order valence-electron chi connectivity index (χ3n) is 6.03. The number of ketones is 1. The lowest BCUT2D eigenvalue weighted by Crippen LogP contribution is -2.44. The van der Waals surface area contributed by atoms with Gasteiger partial charge in [0.15, 0.2) is 5.78 Å². The van der Waals surface area contributed by atoms with Crippen molar-refractivity contribution in [2.24, 2.45) is 11.8 Å². The number of methoxy groups -OCH3 is 1. The molecular weight excluding hydrogens is 428 g/mol. The minimum absolute atomic E-state index is 0.272. The van der Waals surface area contributed by atoms with Crippen LogP contribution in [0.2, 0.25) is 0 Å². The van der Waals surface area contributed by atoms with Gasteiger partial charge in [-0.1, -0.05) is 54.1 Å². The number of benzene rings is 3. The molecule has 6 nitrogen and oxygen atoms in total. The minimum Gasteiger partial charge on any atom is -0.497 e. The second kappa shape index (κ2) is 10.2. The van der Waals surface area contributed by atoms with Crippen LogP contribution in [0.3, 0.4) is 0 Å². The molecule has 3 atom stereocenters. The molecule has 2 N–H and O–H groups in total. The van der Waals surface area contributed by atoms with Crippen molar-refractivity contribution in [2.45, 2.75) is 12.8 Å². The van der Waals surface area contributed by atoms with Crippen molar-refractivity contribution in [1.29, 1.82) is 0 Å². The first-order valence-corrected chi connectivity index (χ1v) is 11.1. The van der Waals surface area contributed by atoms with Crippen molar-refractivity contribution in [3.63, 3.8) is 0 Å². The molecule has 1 aliphatic rings. The molecule has 4 rings (SSSR count). The number of hydrogen-bond acceptors (Lipinski definition) is 4. The summed E-state index contributed by atoms with van der Waals surface area (Å²) in [6.07, 6.45) is 1.42. The van der Waals surface area contributed by atoms with E-state index < -0.39 is 23.7 Å². The first-order valence-electron chi connectivity index (χ1n) is 11.1. The number of carbonyl (C=O) groups is 3. The Morgan fingerprint density at radius 2 is 1.24 bits per heavy atom. The van der Waals surface area contributed by atoms with Crippen molar-refractivity contribution in [3.05, 3.63) is 102 Å². The molecule has 0 spiro atoms. The highest BCUT2D eigenvalue weighted by Gasteiger charge is 2.46. The molecule has 0 heterocycles. The minimum atomic E-state index is -1.07. The Balaban J connectivity index is 1.74. The maximum absolute atomic E-state index is 13.5. The fourth-order valence-electron chi connectivity index (χ4n) is 4.41. The summed E-state index contributed by atoms with van der Waals surface area (Å²) in [5.74, 6) is -2.86. The van der Waals surface area contributed by atoms with Crippen LogP contribution >= 0.6 is 0 Å². The predicted molar refractivity (Wildman–Crippen MR) is 132 cm³/mol. The monoisotopic (exact) mass is 454 g/mol. The van der Waals surface area contributed by atoms with Crippen LogP contribution in [-0.4, -0.2) is 24.7 Å². The van der Waals surface area contributed by atoms with Crippen LogP contribution < -0.4 is 15.4 Å². The van der Waals surface area contributed by atoms with Gasteiger partial charge in [0.05, 0.1) is 13.0 Å². The van der Waals surface area contributed by atoms with Crippen LogP contribution in [0, 0.1) is 11.8 Å². The lowest BCUT2D eigenvalue weighted by molar-refractivity contribution is -0.131. The average Bonchev–Trinajstić information content (AvgIpc) is 2.84. The van der Waals surface area contributed by atoms with Gasteiger partial charge in [-0.2, -0.15) is 0 Å². The van der Waals surface area contributed by atoms with Crippen molar-refractivity contribution in [3.8, 4) is 5.75 Å². The van der Waals surface area contributed by atoms with Crippen molar-refractivity contribution in [1.82, 2.24) is 0 Å². The Bertz CT molecular complexity index is 1200. The van der Waals surface area contributed by atoms with Gasteiger partial charge >= 0.3 is 0 Å². The number of allylic oxidation sites excluding steroid dienone is 1. The second-order valence-corrected chi connectivity index (χ2v) is 8.26. The summed E-state index contributed by atoms with van der Waals surface area (Å²) < 4.78 is 5.27. The van der Waals surface area contributed by atoms with E-state index in [1.54, 1.807) is 74.7 Å². The van der Waals surface area contributed by atoms with Crippen LogP contribution in [0.5, 0.6) is 5.75 Å². The molecule has 6 heteroatoms. The summed E-state index contributed by atoms with van der Waals surface area (Å²) in [4.78, 5) is 40.1. The van der Waals surface area contributed by atoms with E-state index in [0.717, 1.165) is 0 Å². The Morgan fingerprint density at radius 1 is 0.735 bits per heavy atom. The molecule has 0 fully saturated rings. The number of hydrogen-bond donors (Lipinski definition) is 2. The Kier molecular flexibility index (Phi) is 6.87. The quantitative estimate of drug-likeness (QED) is 0.523. The van der Waals surface area contributed by atoms with Gasteiger partial charge in [0.25, 0.3) is 0 Å². The van der Waals surface area contributed by atoms with Crippen LogP contribution in [0.1, 0.15) is 18.4 Å². The zero-order chi connectivity index (χ0) is 24.1. The highest BCUT2D eigenvalue weighted by atomic mass is 16.5.